The Bertz CT molecular complexity index is 518. The molecule has 1 aliphatic rings. The van der Waals surface area contributed by atoms with Crippen LogP contribution in [0.5, 0.6) is 0 Å². The average Bonchev–Trinajstić information content (AvgIpc) is 2.65. The number of nitrogens with one attached hydrogen (secondary N) is 1. The van der Waals surface area contributed by atoms with E-state index in [9.17, 15) is 9.59 Å². The van der Waals surface area contributed by atoms with E-state index in [0.717, 1.165) is 12.0 Å². The van der Waals surface area contributed by atoms with Crippen molar-refractivity contribution in [2.24, 2.45) is 11.7 Å². The SMILES string of the molecule is CNC(=O)C(Cc1ccccc1)N1CCC(C)CC(N)C1=O. The van der Waals surface area contributed by atoms with E-state index in [2.05, 4.69) is 12.2 Å². The predicted octanol–water partition coefficient (Wildman–Crippen LogP) is 0.930. The average molecular weight is 303 g/mol. The van der Waals surface area contributed by atoms with Gasteiger partial charge in [-0.2, -0.15) is 0 Å². The lowest BCUT2D eigenvalue weighted by molar-refractivity contribution is -0.140. The first-order chi connectivity index (χ1) is 10.5. The molecular weight excluding hydrogens is 278 g/mol. The van der Waals surface area contributed by atoms with Crippen LogP contribution in [-0.4, -0.2) is 42.4 Å². The molecule has 2 rings (SSSR count). The van der Waals surface area contributed by atoms with Crippen LogP contribution in [0.2, 0.25) is 0 Å². The molecule has 0 saturated carbocycles. The van der Waals surface area contributed by atoms with Gasteiger partial charge in [0.1, 0.15) is 6.04 Å². The summed E-state index contributed by atoms with van der Waals surface area (Å²) in [5.74, 6) is 0.138. The number of nitrogens with two attached hydrogens (primary N) is 1. The van der Waals surface area contributed by atoms with E-state index < -0.39 is 12.1 Å². The van der Waals surface area contributed by atoms with Gasteiger partial charge in [-0.15, -0.1) is 0 Å². The minimum absolute atomic E-state index is 0.117. The molecule has 5 nitrogen and oxygen atoms in total. The summed E-state index contributed by atoms with van der Waals surface area (Å²) in [6.45, 7) is 2.68. The molecule has 0 aliphatic carbocycles. The van der Waals surface area contributed by atoms with Gasteiger partial charge in [0, 0.05) is 20.0 Å². The summed E-state index contributed by atoms with van der Waals surface area (Å²) < 4.78 is 0. The van der Waals surface area contributed by atoms with Crippen molar-refractivity contribution in [3.8, 4) is 0 Å². The van der Waals surface area contributed by atoms with Crippen LogP contribution in [-0.2, 0) is 16.0 Å². The Hall–Kier alpha value is -1.88. The molecule has 0 spiro atoms. The molecule has 1 saturated heterocycles. The number of likely N-dealkylation sites (N-methyl/N-ethyl adjacent to an activating group) is 1. The van der Waals surface area contributed by atoms with Gasteiger partial charge >= 0.3 is 0 Å². The van der Waals surface area contributed by atoms with Crippen molar-refractivity contribution in [3.63, 3.8) is 0 Å². The Morgan fingerprint density at radius 3 is 2.73 bits per heavy atom. The van der Waals surface area contributed by atoms with Gasteiger partial charge in [0.2, 0.25) is 11.8 Å². The summed E-state index contributed by atoms with van der Waals surface area (Å²) in [5.41, 5.74) is 7.05. The highest BCUT2D eigenvalue weighted by Gasteiger charge is 2.34. The number of benzene rings is 1. The Kier molecular flexibility index (Phi) is 5.55. The van der Waals surface area contributed by atoms with Crippen molar-refractivity contribution in [1.82, 2.24) is 10.2 Å². The lowest BCUT2D eigenvalue weighted by atomic mass is 10.0. The summed E-state index contributed by atoms with van der Waals surface area (Å²) in [5, 5.41) is 2.68. The molecule has 1 heterocycles. The van der Waals surface area contributed by atoms with Gasteiger partial charge in [-0.1, -0.05) is 37.3 Å². The zero-order valence-electron chi connectivity index (χ0n) is 13.3. The van der Waals surface area contributed by atoms with Crippen molar-refractivity contribution in [3.05, 3.63) is 35.9 Å². The zero-order chi connectivity index (χ0) is 16.1. The molecule has 0 bridgehead atoms. The summed E-state index contributed by atoms with van der Waals surface area (Å²) in [6, 6.07) is 8.74. The first-order valence-electron chi connectivity index (χ1n) is 7.84. The van der Waals surface area contributed by atoms with Crippen LogP contribution in [0.4, 0.5) is 0 Å². The standard InChI is InChI=1S/C17H25N3O2/c1-12-8-9-20(17(22)14(18)10-12)15(16(21)19-2)11-13-6-4-3-5-7-13/h3-7,12,14-15H,8-11,18H2,1-2H3,(H,19,21). The van der Waals surface area contributed by atoms with Crippen LogP contribution < -0.4 is 11.1 Å². The molecule has 3 unspecified atom stereocenters. The van der Waals surface area contributed by atoms with Crippen molar-refractivity contribution in [1.29, 1.82) is 0 Å². The van der Waals surface area contributed by atoms with Gasteiger partial charge in [-0.3, -0.25) is 9.59 Å². The molecule has 22 heavy (non-hydrogen) atoms. The zero-order valence-corrected chi connectivity index (χ0v) is 13.3. The number of nitrogens with zero attached hydrogens (tertiary/aromatic N) is 1. The van der Waals surface area contributed by atoms with Crippen LogP contribution in [0.15, 0.2) is 30.3 Å². The number of rotatable bonds is 4. The third-order valence-electron chi connectivity index (χ3n) is 4.32. The van der Waals surface area contributed by atoms with E-state index in [1.165, 1.54) is 0 Å². The molecular formula is C17H25N3O2. The summed E-state index contributed by atoms with van der Waals surface area (Å²) in [7, 11) is 1.60. The maximum absolute atomic E-state index is 12.6. The Morgan fingerprint density at radius 2 is 2.09 bits per heavy atom. The molecule has 5 heteroatoms. The van der Waals surface area contributed by atoms with Gasteiger partial charge in [0.15, 0.2) is 0 Å². The highest BCUT2D eigenvalue weighted by molar-refractivity contribution is 5.90. The van der Waals surface area contributed by atoms with E-state index >= 15 is 0 Å². The summed E-state index contributed by atoms with van der Waals surface area (Å²) in [4.78, 5) is 26.5. The molecule has 1 aromatic carbocycles. The number of carbonyl (C=O) groups excluding carboxylic acids is 2. The number of amides is 2. The van der Waals surface area contributed by atoms with Crippen molar-refractivity contribution >= 4 is 11.8 Å². The normalized spacial score (nSPS) is 23.8. The van der Waals surface area contributed by atoms with Gasteiger partial charge in [-0.05, 0) is 24.3 Å². The third kappa shape index (κ3) is 3.85. The minimum atomic E-state index is -0.513. The van der Waals surface area contributed by atoms with Gasteiger partial charge in [-0.25, -0.2) is 0 Å². The maximum Gasteiger partial charge on any atom is 0.242 e. The molecule has 120 valence electrons. The fourth-order valence-corrected chi connectivity index (χ4v) is 2.99. The molecule has 1 aromatic rings. The smallest absolute Gasteiger partial charge is 0.242 e. The highest BCUT2D eigenvalue weighted by Crippen LogP contribution is 2.20. The molecule has 0 radical (unpaired) electrons. The fourth-order valence-electron chi connectivity index (χ4n) is 2.99. The Balaban J connectivity index is 2.24. The van der Waals surface area contributed by atoms with Gasteiger partial charge in [0.05, 0.1) is 6.04 Å². The van der Waals surface area contributed by atoms with Gasteiger partial charge < -0.3 is 16.0 Å². The van der Waals surface area contributed by atoms with E-state index in [-0.39, 0.29) is 11.8 Å². The first kappa shape index (κ1) is 16.5. The quantitative estimate of drug-likeness (QED) is 0.869. The monoisotopic (exact) mass is 303 g/mol. The molecule has 3 N–H and O–H groups in total. The summed E-state index contributed by atoms with van der Waals surface area (Å²) in [6.07, 6.45) is 2.07. The molecule has 1 aliphatic heterocycles. The van der Waals surface area contributed by atoms with E-state index in [0.29, 0.717) is 25.3 Å². The van der Waals surface area contributed by atoms with Crippen molar-refractivity contribution in [2.45, 2.75) is 38.3 Å². The molecule has 3 atom stereocenters. The van der Waals surface area contributed by atoms with E-state index in [1.807, 2.05) is 30.3 Å². The van der Waals surface area contributed by atoms with Crippen LogP contribution in [0.1, 0.15) is 25.3 Å². The van der Waals surface area contributed by atoms with E-state index in [1.54, 1.807) is 11.9 Å². The van der Waals surface area contributed by atoms with Crippen LogP contribution in [0, 0.1) is 5.92 Å². The third-order valence-corrected chi connectivity index (χ3v) is 4.32. The number of carbonyl (C=O) groups is 2. The fraction of sp³-hybridized carbons (Fsp3) is 0.529. The molecule has 0 aromatic heterocycles. The second-order valence-corrected chi connectivity index (χ2v) is 6.09. The van der Waals surface area contributed by atoms with Crippen LogP contribution in [0.3, 0.4) is 0 Å². The second-order valence-electron chi connectivity index (χ2n) is 6.09. The second kappa shape index (κ2) is 7.40. The van der Waals surface area contributed by atoms with Gasteiger partial charge in [0.25, 0.3) is 0 Å². The van der Waals surface area contributed by atoms with Crippen molar-refractivity contribution < 1.29 is 9.59 Å². The maximum atomic E-state index is 12.6. The number of hydrogen-bond acceptors (Lipinski definition) is 3. The Morgan fingerprint density at radius 1 is 1.41 bits per heavy atom. The predicted molar refractivity (Wildman–Crippen MR) is 86.1 cm³/mol. The largest absolute Gasteiger partial charge is 0.357 e. The van der Waals surface area contributed by atoms with Crippen LogP contribution >= 0.6 is 0 Å². The number of likely N-dealkylation sites (tertiary alicyclic amines) is 1. The lowest BCUT2D eigenvalue weighted by Gasteiger charge is -2.31. The van der Waals surface area contributed by atoms with Crippen LogP contribution in [0.25, 0.3) is 0 Å². The summed E-state index contributed by atoms with van der Waals surface area (Å²) >= 11 is 0. The minimum Gasteiger partial charge on any atom is -0.357 e. The lowest BCUT2D eigenvalue weighted by Crippen LogP contribution is -2.53. The van der Waals surface area contributed by atoms with E-state index in [4.69, 9.17) is 5.73 Å². The van der Waals surface area contributed by atoms with Crippen molar-refractivity contribution in [2.75, 3.05) is 13.6 Å². The highest BCUT2D eigenvalue weighted by atomic mass is 16.2. The first-order valence-corrected chi connectivity index (χ1v) is 7.84. The molecule has 1 fully saturated rings. The Labute approximate surface area is 131 Å². The molecule has 2 amide bonds. The number of hydrogen-bond donors (Lipinski definition) is 2. The topological polar surface area (TPSA) is 75.4 Å².